The summed E-state index contributed by atoms with van der Waals surface area (Å²) in [6.45, 7) is 1.90. The van der Waals surface area contributed by atoms with E-state index >= 15 is 0 Å². The van der Waals surface area contributed by atoms with Gasteiger partial charge in [-0.25, -0.2) is 27.7 Å². The molecule has 1 atom stereocenters. The average Bonchev–Trinajstić information content (AvgIpc) is 3.75. The van der Waals surface area contributed by atoms with Crippen LogP contribution in [0.5, 0.6) is 0 Å². The second kappa shape index (κ2) is 10.2. The predicted molar refractivity (Wildman–Crippen MR) is 135 cm³/mol. The number of hydrogen-bond donors (Lipinski definition) is 3. The van der Waals surface area contributed by atoms with Gasteiger partial charge in [0.05, 0.1) is 35.5 Å². The van der Waals surface area contributed by atoms with Crippen molar-refractivity contribution in [2.45, 2.75) is 44.4 Å². The van der Waals surface area contributed by atoms with Crippen molar-refractivity contribution in [1.82, 2.24) is 10.5 Å². The van der Waals surface area contributed by atoms with Crippen molar-refractivity contribution < 1.29 is 31.6 Å². The Labute approximate surface area is 213 Å². The molecule has 10 nitrogen and oxygen atoms in total. The molecular formula is C24H29F2N5O5S. The van der Waals surface area contributed by atoms with Crippen LogP contribution >= 0.6 is 0 Å². The van der Waals surface area contributed by atoms with Gasteiger partial charge in [-0.3, -0.25) is 18.7 Å². The number of hydrogen-bond acceptors (Lipinski definition) is 7. The van der Waals surface area contributed by atoms with Gasteiger partial charge in [0, 0.05) is 38.1 Å². The molecule has 0 saturated heterocycles. The maximum atomic E-state index is 13.2. The van der Waals surface area contributed by atoms with Crippen LogP contribution in [-0.2, 0) is 19.7 Å². The number of nitrogens with zero attached hydrogens (tertiary/aromatic N) is 2. The number of pyridine rings is 1. The minimum Gasteiger partial charge on any atom is -0.353 e. The summed E-state index contributed by atoms with van der Waals surface area (Å²) in [4.78, 5) is 34.0. The first-order chi connectivity index (χ1) is 17.4. The van der Waals surface area contributed by atoms with Crippen molar-refractivity contribution in [3.8, 4) is 0 Å². The number of sulfonamides is 1. The Bertz CT molecular complexity index is 1320. The van der Waals surface area contributed by atoms with E-state index in [2.05, 4.69) is 21.1 Å². The molecule has 2 aromatic rings. The smallest absolute Gasteiger partial charge is 0.278 e. The highest BCUT2D eigenvalue weighted by Gasteiger charge is 2.57. The number of anilines is 4. The molecule has 2 fully saturated rings. The molecule has 1 unspecified atom stereocenters. The topological polar surface area (TPSA) is 130 Å². The summed E-state index contributed by atoms with van der Waals surface area (Å²) >= 11 is 0. The molecule has 1 heterocycles. The number of nitrogens with one attached hydrogen (secondary N) is 3. The number of carbonyl (C=O) groups is 2. The zero-order valence-electron chi connectivity index (χ0n) is 20.7. The van der Waals surface area contributed by atoms with Crippen molar-refractivity contribution in [2.75, 3.05) is 34.8 Å². The Morgan fingerprint density at radius 2 is 1.92 bits per heavy atom. The molecule has 0 bridgehead atoms. The Hall–Kier alpha value is -3.32. The van der Waals surface area contributed by atoms with Gasteiger partial charge in [-0.1, -0.05) is 6.07 Å². The molecule has 2 aliphatic carbocycles. The lowest BCUT2D eigenvalue weighted by atomic mass is 10.1. The molecule has 0 spiro atoms. The first-order valence-electron chi connectivity index (χ1n) is 11.8. The summed E-state index contributed by atoms with van der Waals surface area (Å²) in [6, 6.07) is 6.78. The van der Waals surface area contributed by atoms with Gasteiger partial charge in [0.25, 0.3) is 11.8 Å². The summed E-state index contributed by atoms with van der Waals surface area (Å²) in [5.74, 6) is -4.67. The molecular weight excluding hydrogens is 508 g/mol. The van der Waals surface area contributed by atoms with E-state index < -0.39 is 33.7 Å². The summed E-state index contributed by atoms with van der Waals surface area (Å²) in [6.07, 6.45) is 3.66. The number of halogens is 2. The van der Waals surface area contributed by atoms with E-state index in [-0.39, 0.29) is 36.5 Å². The van der Waals surface area contributed by atoms with Gasteiger partial charge >= 0.3 is 0 Å². The van der Waals surface area contributed by atoms with Crippen LogP contribution in [0.4, 0.5) is 31.7 Å². The van der Waals surface area contributed by atoms with Crippen molar-refractivity contribution in [2.24, 2.45) is 5.92 Å². The van der Waals surface area contributed by atoms with Gasteiger partial charge in [0.1, 0.15) is 5.82 Å². The maximum Gasteiger partial charge on any atom is 0.278 e. The van der Waals surface area contributed by atoms with E-state index in [0.29, 0.717) is 17.3 Å². The first kappa shape index (κ1) is 26.7. The van der Waals surface area contributed by atoms with Crippen molar-refractivity contribution in [3.63, 3.8) is 0 Å². The van der Waals surface area contributed by atoms with Gasteiger partial charge in [0.15, 0.2) is 0 Å². The minimum absolute atomic E-state index is 0.0389. The molecule has 2 saturated carbocycles. The van der Waals surface area contributed by atoms with Gasteiger partial charge < -0.3 is 10.6 Å². The van der Waals surface area contributed by atoms with Gasteiger partial charge in [-0.05, 0) is 43.4 Å². The molecule has 2 amide bonds. The highest BCUT2D eigenvalue weighted by molar-refractivity contribution is 7.92. The molecule has 0 radical (unpaired) electrons. The highest BCUT2D eigenvalue weighted by atomic mass is 32.2. The van der Waals surface area contributed by atoms with Crippen LogP contribution in [-0.4, -0.2) is 51.0 Å². The monoisotopic (exact) mass is 537 g/mol. The molecule has 3 N–H and O–H groups in total. The van der Waals surface area contributed by atoms with Crippen LogP contribution in [0.25, 0.3) is 0 Å². The fourth-order valence-electron chi connectivity index (χ4n) is 3.82. The second-order valence-electron chi connectivity index (χ2n) is 9.30. The third kappa shape index (κ3) is 6.52. The molecule has 1 aromatic carbocycles. The minimum atomic E-state index is -3.61. The van der Waals surface area contributed by atoms with Gasteiger partial charge in [-0.15, -0.1) is 0 Å². The van der Waals surface area contributed by atoms with Crippen molar-refractivity contribution >= 4 is 44.7 Å². The lowest BCUT2D eigenvalue weighted by Gasteiger charge is -2.23. The van der Waals surface area contributed by atoms with Crippen LogP contribution < -0.4 is 20.4 Å². The predicted octanol–water partition coefficient (Wildman–Crippen LogP) is 3.76. The fourth-order valence-corrected chi connectivity index (χ4v) is 4.33. The lowest BCUT2D eigenvalue weighted by molar-refractivity contribution is -0.117. The maximum absolute atomic E-state index is 13.2. The highest BCUT2D eigenvalue weighted by Crippen LogP contribution is 2.50. The Morgan fingerprint density at radius 1 is 1.22 bits per heavy atom. The SMILES string of the molecule is CCONC(=O)c1cnc(NC(=O)CC2CC2(F)F)cc1Nc1ccc(C2CC2)cc1N(C)S(C)(=O)=O. The molecule has 13 heteroatoms. The zero-order valence-corrected chi connectivity index (χ0v) is 21.5. The van der Waals surface area contributed by atoms with E-state index in [9.17, 15) is 26.8 Å². The first-order valence-corrected chi connectivity index (χ1v) is 13.7. The molecule has 200 valence electrons. The number of rotatable bonds is 11. The summed E-state index contributed by atoms with van der Waals surface area (Å²) in [5, 5.41) is 5.57. The Balaban J connectivity index is 1.66. The summed E-state index contributed by atoms with van der Waals surface area (Å²) < 4.78 is 52.2. The number of carbonyl (C=O) groups excluding carboxylic acids is 2. The van der Waals surface area contributed by atoms with Crippen LogP contribution in [0.1, 0.15) is 54.4 Å². The zero-order chi connectivity index (χ0) is 27.0. The molecule has 37 heavy (non-hydrogen) atoms. The van der Waals surface area contributed by atoms with E-state index in [1.54, 1.807) is 19.1 Å². The van der Waals surface area contributed by atoms with E-state index in [4.69, 9.17) is 4.84 Å². The van der Waals surface area contributed by atoms with E-state index in [1.807, 2.05) is 6.07 Å². The number of amides is 2. The van der Waals surface area contributed by atoms with Gasteiger partial charge in [-0.2, -0.15) is 0 Å². The third-order valence-electron chi connectivity index (χ3n) is 6.29. The molecule has 0 aliphatic heterocycles. The fraction of sp³-hybridized carbons (Fsp3) is 0.458. The van der Waals surface area contributed by atoms with Crippen LogP contribution in [0.3, 0.4) is 0 Å². The number of alkyl halides is 2. The summed E-state index contributed by atoms with van der Waals surface area (Å²) in [7, 11) is -2.18. The molecule has 1 aromatic heterocycles. The second-order valence-corrected chi connectivity index (χ2v) is 11.3. The van der Waals surface area contributed by atoms with Crippen LogP contribution in [0, 0.1) is 5.92 Å². The largest absolute Gasteiger partial charge is 0.353 e. The van der Waals surface area contributed by atoms with Crippen LogP contribution in [0.15, 0.2) is 30.5 Å². The van der Waals surface area contributed by atoms with E-state index in [1.165, 1.54) is 19.3 Å². The summed E-state index contributed by atoms with van der Waals surface area (Å²) in [5.41, 5.74) is 4.30. The van der Waals surface area contributed by atoms with Crippen molar-refractivity contribution in [1.29, 1.82) is 0 Å². The molecule has 2 aliphatic rings. The number of hydroxylamine groups is 1. The quantitative estimate of drug-likeness (QED) is 0.372. The number of aromatic nitrogens is 1. The van der Waals surface area contributed by atoms with Gasteiger partial charge in [0.2, 0.25) is 15.9 Å². The van der Waals surface area contributed by atoms with Crippen molar-refractivity contribution in [3.05, 3.63) is 41.6 Å². The Kier molecular flexibility index (Phi) is 7.38. The third-order valence-corrected chi connectivity index (χ3v) is 7.48. The van der Waals surface area contributed by atoms with E-state index in [0.717, 1.165) is 29.0 Å². The number of benzene rings is 1. The Morgan fingerprint density at radius 3 is 2.51 bits per heavy atom. The normalized spacial score (nSPS) is 18.1. The standard InChI is InChI=1S/C24H29F2N5O5S/c1-4-36-30-23(33)17-13-27-21(29-22(32)10-16-12-24(16,25)26)11-19(17)28-18-8-7-15(14-5-6-14)9-20(18)31(2)37(3,34)35/h7-9,11,13-14,16H,4-6,10,12H2,1-3H3,(H,30,33)(H2,27,28,29,32). The lowest BCUT2D eigenvalue weighted by Crippen LogP contribution is -2.26. The van der Waals surface area contributed by atoms with Crippen LogP contribution in [0.2, 0.25) is 0 Å². The average molecular weight is 538 g/mol. The molecule has 4 rings (SSSR count).